The Morgan fingerprint density at radius 1 is 1.24 bits per heavy atom. The molecule has 2 aromatic carbocycles. The molecule has 7 heteroatoms. The number of para-hydroxylation sites is 1. The van der Waals surface area contributed by atoms with Crippen LogP contribution in [-0.2, 0) is 0 Å². The largest absolute Gasteiger partial charge is 0.505 e. The summed E-state index contributed by atoms with van der Waals surface area (Å²) in [5.74, 6) is -0.229. The van der Waals surface area contributed by atoms with E-state index < -0.39 is 5.82 Å². The summed E-state index contributed by atoms with van der Waals surface area (Å²) >= 11 is 3.20. The summed E-state index contributed by atoms with van der Waals surface area (Å²) in [7, 11) is 0. The van der Waals surface area contributed by atoms with E-state index in [2.05, 4.69) is 26.1 Å². The lowest BCUT2D eigenvalue weighted by Gasteiger charge is -2.01. The van der Waals surface area contributed by atoms with Gasteiger partial charge in [-0.1, -0.05) is 27.2 Å². The minimum atomic E-state index is -0.419. The van der Waals surface area contributed by atoms with Crippen molar-refractivity contribution in [2.24, 2.45) is 0 Å². The summed E-state index contributed by atoms with van der Waals surface area (Å²) in [4.78, 5) is 4.15. The van der Waals surface area contributed by atoms with Gasteiger partial charge in [0.15, 0.2) is 5.75 Å². The topological polar surface area (TPSA) is 85.2 Å². The molecule has 0 saturated carbocycles. The lowest BCUT2D eigenvalue weighted by atomic mass is 10.1. The fraction of sp³-hybridized carbons (Fsp3) is 0. The lowest BCUT2D eigenvalue weighted by molar-refractivity contribution is 0.426. The van der Waals surface area contributed by atoms with Crippen molar-refractivity contribution >= 4 is 21.6 Å². The van der Waals surface area contributed by atoms with E-state index in [9.17, 15) is 9.50 Å². The van der Waals surface area contributed by atoms with Crippen molar-refractivity contribution < 1.29 is 14.0 Å². The van der Waals surface area contributed by atoms with Crippen LogP contribution in [-0.4, -0.2) is 15.2 Å². The molecule has 0 amide bonds. The van der Waals surface area contributed by atoms with Gasteiger partial charge in [-0.3, -0.25) is 0 Å². The molecule has 106 valence electrons. The number of nitrogen functional groups attached to an aromatic ring is 1. The van der Waals surface area contributed by atoms with Crippen LogP contribution in [0.4, 0.5) is 10.1 Å². The zero-order chi connectivity index (χ0) is 15.0. The van der Waals surface area contributed by atoms with Crippen molar-refractivity contribution in [1.29, 1.82) is 0 Å². The first-order valence-electron chi connectivity index (χ1n) is 5.92. The normalized spacial score (nSPS) is 10.8. The van der Waals surface area contributed by atoms with Crippen LogP contribution in [0.5, 0.6) is 5.75 Å². The quantitative estimate of drug-likeness (QED) is 0.545. The fourth-order valence-electron chi connectivity index (χ4n) is 1.87. The Morgan fingerprint density at radius 3 is 2.81 bits per heavy atom. The first kappa shape index (κ1) is 13.6. The highest BCUT2D eigenvalue weighted by molar-refractivity contribution is 9.10. The molecule has 0 aliphatic rings. The molecule has 0 aliphatic carbocycles. The molecule has 0 fully saturated rings. The Bertz CT molecular complexity index is 799. The second-order valence-electron chi connectivity index (χ2n) is 4.32. The van der Waals surface area contributed by atoms with E-state index in [1.807, 2.05) is 0 Å². The van der Waals surface area contributed by atoms with E-state index in [-0.39, 0.29) is 23.2 Å². The van der Waals surface area contributed by atoms with Gasteiger partial charge in [-0.05, 0) is 30.3 Å². The van der Waals surface area contributed by atoms with Crippen molar-refractivity contribution in [2.45, 2.75) is 0 Å². The summed E-state index contributed by atoms with van der Waals surface area (Å²) in [6.07, 6.45) is 0. The third-order valence-corrected chi connectivity index (χ3v) is 3.30. The van der Waals surface area contributed by atoms with Gasteiger partial charge in [0.2, 0.25) is 5.82 Å². The Morgan fingerprint density at radius 2 is 2.05 bits per heavy atom. The number of hydrogen-bond donors (Lipinski definition) is 2. The fourth-order valence-corrected chi connectivity index (χ4v) is 2.33. The number of phenols is 1. The monoisotopic (exact) mass is 349 g/mol. The van der Waals surface area contributed by atoms with Gasteiger partial charge in [-0.2, -0.15) is 4.98 Å². The molecule has 0 unspecified atom stereocenters. The minimum absolute atomic E-state index is 0.107. The number of hydrogen-bond acceptors (Lipinski definition) is 5. The SMILES string of the molecule is Nc1cccc(-c2nc(-c3cc(F)cc(Br)c3)no2)c1O. The average Bonchev–Trinajstić information content (AvgIpc) is 2.90. The molecule has 5 nitrogen and oxygen atoms in total. The standard InChI is InChI=1S/C14H9BrFN3O2/c15-8-4-7(5-9(16)6-8)13-18-14(21-19-13)10-2-1-3-11(17)12(10)20/h1-6,20H,17H2. The van der Waals surface area contributed by atoms with Gasteiger partial charge in [0.25, 0.3) is 5.89 Å². The molecular weight excluding hydrogens is 341 g/mol. The first-order chi connectivity index (χ1) is 10.0. The predicted octanol–water partition coefficient (Wildman–Crippen LogP) is 3.59. The maximum Gasteiger partial charge on any atom is 0.262 e. The number of aromatic nitrogens is 2. The molecular formula is C14H9BrFN3O2. The smallest absolute Gasteiger partial charge is 0.262 e. The number of aromatic hydroxyl groups is 1. The second kappa shape index (κ2) is 5.17. The third-order valence-electron chi connectivity index (χ3n) is 2.84. The summed E-state index contributed by atoms with van der Waals surface area (Å²) in [5, 5.41) is 13.7. The highest BCUT2D eigenvalue weighted by atomic mass is 79.9. The molecule has 0 aliphatic heterocycles. The van der Waals surface area contributed by atoms with E-state index in [0.717, 1.165) is 0 Å². The average molecular weight is 350 g/mol. The summed E-state index contributed by atoms with van der Waals surface area (Å²) < 4.78 is 19.1. The van der Waals surface area contributed by atoms with Gasteiger partial charge in [0, 0.05) is 10.0 Å². The maximum atomic E-state index is 13.4. The summed E-state index contributed by atoms with van der Waals surface area (Å²) in [6.45, 7) is 0. The van der Waals surface area contributed by atoms with Gasteiger partial charge >= 0.3 is 0 Å². The summed E-state index contributed by atoms with van der Waals surface area (Å²) in [6, 6.07) is 9.10. The number of nitrogens with two attached hydrogens (primary N) is 1. The van der Waals surface area contributed by atoms with E-state index >= 15 is 0 Å². The number of nitrogens with zero attached hydrogens (tertiary/aromatic N) is 2. The van der Waals surface area contributed by atoms with Gasteiger partial charge in [-0.15, -0.1) is 0 Å². The van der Waals surface area contributed by atoms with Crippen LogP contribution in [0.15, 0.2) is 45.4 Å². The third kappa shape index (κ3) is 2.59. The first-order valence-corrected chi connectivity index (χ1v) is 6.72. The number of phenolic OH excluding ortho intramolecular Hbond substituents is 1. The Hall–Kier alpha value is -2.41. The van der Waals surface area contributed by atoms with Crippen LogP contribution in [0, 0.1) is 5.82 Å². The predicted molar refractivity (Wildman–Crippen MR) is 78.9 cm³/mol. The van der Waals surface area contributed by atoms with Crippen molar-refractivity contribution in [1.82, 2.24) is 10.1 Å². The maximum absolute atomic E-state index is 13.4. The molecule has 1 aromatic heterocycles. The van der Waals surface area contributed by atoms with Gasteiger partial charge in [0.05, 0.1) is 11.3 Å². The van der Waals surface area contributed by atoms with Crippen LogP contribution in [0.2, 0.25) is 0 Å². The van der Waals surface area contributed by atoms with E-state index in [1.54, 1.807) is 24.3 Å². The van der Waals surface area contributed by atoms with Crippen LogP contribution in [0.3, 0.4) is 0 Å². The number of halogens is 2. The lowest BCUT2D eigenvalue weighted by Crippen LogP contribution is -1.88. The zero-order valence-electron chi connectivity index (χ0n) is 10.5. The van der Waals surface area contributed by atoms with Crippen molar-refractivity contribution in [2.75, 3.05) is 5.73 Å². The molecule has 0 radical (unpaired) electrons. The van der Waals surface area contributed by atoms with Crippen molar-refractivity contribution in [3.05, 3.63) is 46.7 Å². The van der Waals surface area contributed by atoms with Crippen LogP contribution < -0.4 is 5.73 Å². The molecule has 0 atom stereocenters. The number of anilines is 1. The van der Waals surface area contributed by atoms with E-state index in [0.29, 0.717) is 15.6 Å². The molecule has 0 saturated heterocycles. The Labute approximate surface area is 127 Å². The molecule has 0 spiro atoms. The van der Waals surface area contributed by atoms with Gasteiger partial charge in [-0.25, -0.2) is 4.39 Å². The Kier molecular flexibility index (Phi) is 3.34. The zero-order valence-corrected chi connectivity index (χ0v) is 12.1. The summed E-state index contributed by atoms with van der Waals surface area (Å²) in [5.41, 5.74) is 6.61. The molecule has 3 rings (SSSR count). The van der Waals surface area contributed by atoms with Crippen LogP contribution >= 0.6 is 15.9 Å². The second-order valence-corrected chi connectivity index (χ2v) is 5.24. The van der Waals surface area contributed by atoms with Gasteiger partial charge in [0.1, 0.15) is 5.82 Å². The van der Waals surface area contributed by atoms with Crippen molar-refractivity contribution in [3.63, 3.8) is 0 Å². The molecule has 3 N–H and O–H groups in total. The number of benzene rings is 2. The molecule has 3 aromatic rings. The highest BCUT2D eigenvalue weighted by Gasteiger charge is 2.16. The minimum Gasteiger partial charge on any atom is -0.505 e. The molecule has 1 heterocycles. The van der Waals surface area contributed by atoms with E-state index in [1.165, 1.54) is 12.1 Å². The van der Waals surface area contributed by atoms with Crippen molar-refractivity contribution in [3.8, 4) is 28.6 Å². The Balaban J connectivity index is 2.06. The highest BCUT2D eigenvalue weighted by Crippen LogP contribution is 2.33. The van der Waals surface area contributed by atoms with E-state index in [4.69, 9.17) is 10.3 Å². The molecule has 21 heavy (non-hydrogen) atoms. The van der Waals surface area contributed by atoms with Gasteiger partial charge < -0.3 is 15.4 Å². The van der Waals surface area contributed by atoms with Crippen LogP contribution in [0.25, 0.3) is 22.8 Å². The number of rotatable bonds is 2. The molecule has 0 bridgehead atoms. The van der Waals surface area contributed by atoms with Crippen LogP contribution in [0.1, 0.15) is 0 Å².